The number of carbonyl (C=O) groups is 1. The minimum atomic E-state index is -0.322. The van der Waals surface area contributed by atoms with Crippen molar-refractivity contribution in [1.29, 1.82) is 0 Å². The molecule has 0 fully saturated rings. The van der Waals surface area contributed by atoms with Crippen molar-refractivity contribution in [2.45, 2.75) is 19.9 Å². The third-order valence-electron chi connectivity index (χ3n) is 6.43. The largest absolute Gasteiger partial charge is 0.494 e. The van der Waals surface area contributed by atoms with Crippen molar-refractivity contribution in [3.63, 3.8) is 0 Å². The lowest BCUT2D eigenvalue weighted by Crippen LogP contribution is -2.29. The highest BCUT2D eigenvalue weighted by Crippen LogP contribution is 2.38. The summed E-state index contributed by atoms with van der Waals surface area (Å²) < 4.78 is 7.82. The summed E-state index contributed by atoms with van der Waals surface area (Å²) in [5.41, 5.74) is 4.18. The Morgan fingerprint density at radius 3 is 2.60 bits per heavy atom. The third-order valence-corrected chi connectivity index (χ3v) is 6.71. The summed E-state index contributed by atoms with van der Waals surface area (Å²) in [7, 11) is 7.57. The number of halogens is 1. The van der Waals surface area contributed by atoms with Gasteiger partial charge in [-0.15, -0.1) is 0 Å². The second-order valence-corrected chi connectivity index (χ2v) is 10.4. The van der Waals surface area contributed by atoms with Crippen LogP contribution >= 0.6 is 11.6 Å². The molecule has 0 atom stereocenters. The fourth-order valence-corrected chi connectivity index (χ4v) is 4.45. The van der Waals surface area contributed by atoms with Crippen LogP contribution in [0.4, 0.5) is 23.0 Å². The summed E-state index contributed by atoms with van der Waals surface area (Å²) in [6, 6.07) is 8.00. The topological polar surface area (TPSA) is 100 Å². The summed E-state index contributed by atoms with van der Waals surface area (Å²) >= 11 is 6.53. The van der Waals surface area contributed by atoms with Gasteiger partial charge in [-0.25, -0.2) is 15.0 Å². The van der Waals surface area contributed by atoms with Crippen molar-refractivity contribution >= 4 is 51.6 Å². The smallest absolute Gasteiger partial charge is 0.247 e. The number of hydrogen-bond donors (Lipinski definition) is 2. The number of likely N-dealkylation sites (N-methyl/N-ethyl adjacent to an activating group) is 2. The summed E-state index contributed by atoms with van der Waals surface area (Å²) in [6.07, 6.45) is 6.57. The number of rotatable bonds is 11. The highest BCUT2D eigenvalue weighted by atomic mass is 35.5. The van der Waals surface area contributed by atoms with E-state index in [1.54, 1.807) is 25.6 Å². The number of nitrogens with one attached hydrogen (secondary N) is 2. The molecule has 40 heavy (non-hydrogen) atoms. The van der Waals surface area contributed by atoms with Crippen LogP contribution in [-0.2, 0) is 4.79 Å². The van der Waals surface area contributed by atoms with E-state index in [4.69, 9.17) is 21.3 Å². The lowest BCUT2D eigenvalue weighted by atomic mass is 10.1. The molecule has 3 aromatic heterocycles. The fourth-order valence-electron chi connectivity index (χ4n) is 4.25. The number of carbonyl (C=O) groups excluding carboxylic acids is 1. The second kappa shape index (κ2) is 12.4. The number of ether oxygens (including phenoxy) is 1. The van der Waals surface area contributed by atoms with Crippen molar-refractivity contribution in [1.82, 2.24) is 24.4 Å². The second-order valence-electron chi connectivity index (χ2n) is 9.96. The zero-order valence-electron chi connectivity index (χ0n) is 23.7. The molecule has 0 unspecified atom stereocenters. The van der Waals surface area contributed by atoms with Gasteiger partial charge in [-0.2, -0.15) is 0 Å². The van der Waals surface area contributed by atoms with Crippen LogP contribution in [0, 0.1) is 0 Å². The number of anilines is 4. The normalized spacial score (nSPS) is 11.2. The van der Waals surface area contributed by atoms with Crippen LogP contribution in [0.25, 0.3) is 22.3 Å². The van der Waals surface area contributed by atoms with Gasteiger partial charge in [-0.3, -0.25) is 4.79 Å². The number of methoxy groups -OCH3 is 1. The quantitative estimate of drug-likeness (QED) is 0.228. The Morgan fingerprint density at radius 1 is 1.15 bits per heavy atom. The van der Waals surface area contributed by atoms with Crippen LogP contribution in [0.15, 0.2) is 55.5 Å². The van der Waals surface area contributed by atoms with E-state index >= 15 is 0 Å². The molecule has 0 radical (unpaired) electrons. The van der Waals surface area contributed by atoms with Crippen molar-refractivity contribution in [3.05, 3.63) is 60.5 Å². The number of aromatic nitrogens is 4. The van der Waals surface area contributed by atoms with Gasteiger partial charge in [0.1, 0.15) is 11.4 Å². The third kappa shape index (κ3) is 6.35. The van der Waals surface area contributed by atoms with E-state index in [0.717, 1.165) is 35.4 Å². The Balaban J connectivity index is 1.70. The molecular formula is C29H35ClN8O2. The maximum absolute atomic E-state index is 12.3. The molecular weight excluding hydrogens is 528 g/mol. The Bertz CT molecular complexity index is 1530. The van der Waals surface area contributed by atoms with Gasteiger partial charge < -0.3 is 29.7 Å². The Kier molecular flexibility index (Phi) is 8.91. The first-order chi connectivity index (χ1) is 19.1. The minimum Gasteiger partial charge on any atom is -0.494 e. The first-order valence-corrected chi connectivity index (χ1v) is 13.3. The molecule has 1 aromatic carbocycles. The Labute approximate surface area is 239 Å². The molecule has 4 aromatic rings. The van der Waals surface area contributed by atoms with Crippen LogP contribution in [0.5, 0.6) is 5.75 Å². The van der Waals surface area contributed by atoms with Gasteiger partial charge >= 0.3 is 0 Å². The van der Waals surface area contributed by atoms with E-state index in [0.29, 0.717) is 39.8 Å². The van der Waals surface area contributed by atoms with Crippen molar-refractivity contribution in [2.24, 2.45) is 0 Å². The highest BCUT2D eigenvalue weighted by molar-refractivity contribution is 6.33. The van der Waals surface area contributed by atoms with Gasteiger partial charge in [0.2, 0.25) is 11.9 Å². The van der Waals surface area contributed by atoms with Gasteiger partial charge in [0.15, 0.2) is 0 Å². The molecule has 0 aliphatic rings. The van der Waals surface area contributed by atoms with Crippen LogP contribution in [0.3, 0.4) is 0 Å². The molecule has 3 heterocycles. The molecule has 0 saturated carbocycles. The van der Waals surface area contributed by atoms with Crippen molar-refractivity contribution < 1.29 is 9.53 Å². The lowest BCUT2D eigenvalue weighted by Gasteiger charge is -2.26. The van der Waals surface area contributed by atoms with Crippen LogP contribution < -0.4 is 20.3 Å². The average molecular weight is 563 g/mol. The molecule has 0 saturated heterocycles. The summed E-state index contributed by atoms with van der Waals surface area (Å²) in [6.45, 7) is 9.38. The first-order valence-electron chi connectivity index (χ1n) is 12.9. The molecule has 1 amide bonds. The first kappa shape index (κ1) is 28.8. The minimum absolute atomic E-state index is 0.296. The van der Waals surface area contributed by atoms with Crippen LogP contribution in [-0.4, -0.2) is 71.7 Å². The SMILES string of the molecule is C=CC(=O)Nc1cc(Nc2ncc(Cl)c(-c3cnc4c(ccn4C(C)C)c3)n2)c(OC)cc1N(C)CCN(C)C. The lowest BCUT2D eigenvalue weighted by molar-refractivity contribution is -0.111. The number of amides is 1. The predicted octanol–water partition coefficient (Wildman–Crippen LogP) is 5.60. The molecule has 0 aliphatic carbocycles. The van der Waals surface area contributed by atoms with Gasteiger partial charge in [0.25, 0.3) is 0 Å². The molecule has 11 heteroatoms. The summed E-state index contributed by atoms with van der Waals surface area (Å²) in [5, 5.41) is 7.53. The Hall–Kier alpha value is -4.15. The van der Waals surface area contributed by atoms with E-state index in [2.05, 4.69) is 55.4 Å². The maximum atomic E-state index is 12.3. The molecule has 0 bridgehead atoms. The van der Waals surface area contributed by atoms with Crippen LogP contribution in [0.1, 0.15) is 19.9 Å². The molecule has 0 aliphatic heterocycles. The molecule has 10 nitrogen and oxygen atoms in total. The summed E-state index contributed by atoms with van der Waals surface area (Å²) in [4.78, 5) is 30.2. The Morgan fingerprint density at radius 2 is 1.93 bits per heavy atom. The monoisotopic (exact) mass is 562 g/mol. The van der Waals surface area contributed by atoms with Gasteiger partial charge in [0.05, 0.1) is 41.1 Å². The fraction of sp³-hybridized carbons (Fsp3) is 0.310. The molecule has 0 spiro atoms. The van der Waals surface area contributed by atoms with E-state index in [9.17, 15) is 4.79 Å². The van der Waals surface area contributed by atoms with E-state index in [-0.39, 0.29) is 5.91 Å². The number of hydrogen-bond acceptors (Lipinski definition) is 8. The van der Waals surface area contributed by atoms with Gasteiger partial charge in [0, 0.05) is 55.6 Å². The van der Waals surface area contributed by atoms with Crippen molar-refractivity contribution in [3.8, 4) is 17.0 Å². The zero-order chi connectivity index (χ0) is 29.0. The average Bonchev–Trinajstić information content (AvgIpc) is 3.36. The zero-order valence-corrected chi connectivity index (χ0v) is 24.5. The molecule has 4 rings (SSSR count). The van der Waals surface area contributed by atoms with Crippen LogP contribution in [0.2, 0.25) is 5.02 Å². The number of nitrogens with zero attached hydrogens (tertiary/aromatic N) is 6. The predicted molar refractivity (Wildman–Crippen MR) is 163 cm³/mol. The van der Waals surface area contributed by atoms with Gasteiger partial charge in [-0.05, 0) is 52.2 Å². The number of fused-ring (bicyclic) bond motifs is 1. The maximum Gasteiger partial charge on any atom is 0.247 e. The number of pyridine rings is 1. The summed E-state index contributed by atoms with van der Waals surface area (Å²) in [5.74, 6) is 0.548. The van der Waals surface area contributed by atoms with Gasteiger partial charge in [-0.1, -0.05) is 18.2 Å². The highest BCUT2D eigenvalue weighted by Gasteiger charge is 2.18. The number of benzene rings is 1. The van der Waals surface area contributed by atoms with E-state index in [1.165, 1.54) is 6.08 Å². The standard InChI is InChI=1S/C29H35ClN8O2/c1-8-26(39)33-22-14-23(25(40-7)15-24(22)37(6)12-11-36(4)5)34-29-32-17-21(30)27(35-29)20-13-19-9-10-38(18(2)3)28(19)31-16-20/h8-10,13-18H,1,11-12H2,2-7H3,(H,33,39)(H,32,34,35). The van der Waals surface area contributed by atoms with E-state index in [1.807, 2.05) is 45.5 Å². The molecule has 210 valence electrons. The molecule has 2 N–H and O–H groups in total. The van der Waals surface area contributed by atoms with Crippen molar-refractivity contribution in [2.75, 3.05) is 56.9 Å². The van der Waals surface area contributed by atoms with E-state index < -0.39 is 0 Å².